The molecular weight excluding hydrogens is 238 g/mol. The largest absolute Gasteiger partial charge is 0.361 e. The predicted molar refractivity (Wildman–Crippen MR) is 63.4 cm³/mol. The van der Waals surface area contributed by atoms with E-state index in [0.717, 1.165) is 4.47 Å². The van der Waals surface area contributed by atoms with Gasteiger partial charge in [-0.3, -0.25) is 0 Å². The Balaban J connectivity index is 2.57. The molecule has 1 heterocycles. The normalized spacial score (nSPS) is 10.5. The number of nitrogens with one attached hydrogen (secondary N) is 1. The minimum absolute atomic E-state index is 1.15. The van der Waals surface area contributed by atoms with Crippen LogP contribution in [-0.4, -0.2) is 4.98 Å². The Kier molecular flexibility index (Phi) is 2.46. The number of hydrogen-bond donors (Lipinski definition) is 1. The van der Waals surface area contributed by atoms with E-state index in [4.69, 9.17) is 0 Å². The summed E-state index contributed by atoms with van der Waals surface area (Å²) in [5.74, 6) is 0. The van der Waals surface area contributed by atoms with Crippen LogP contribution in [0.3, 0.4) is 0 Å². The first-order valence-electron chi connectivity index (χ1n) is 4.59. The number of aromatic nitrogens is 1. The number of aryl methyl sites for hydroxylation is 1. The quantitative estimate of drug-likeness (QED) is 0.785. The van der Waals surface area contributed by atoms with Crippen LogP contribution in [0.5, 0.6) is 0 Å². The third-order valence-corrected chi connectivity index (χ3v) is 3.24. The zero-order valence-electron chi connectivity index (χ0n) is 8.26. The summed E-state index contributed by atoms with van der Waals surface area (Å²) >= 11 is 3.54. The number of H-pyrrole nitrogens is 1. The van der Waals surface area contributed by atoms with Crippen molar-refractivity contribution in [1.29, 1.82) is 0 Å². The molecule has 0 aliphatic carbocycles. The van der Waals surface area contributed by atoms with E-state index >= 15 is 0 Å². The molecule has 0 unspecified atom stereocenters. The molecule has 72 valence electrons. The van der Waals surface area contributed by atoms with Crippen molar-refractivity contribution >= 4 is 15.9 Å². The summed E-state index contributed by atoms with van der Waals surface area (Å²) in [5.41, 5.74) is 4.97. The van der Waals surface area contributed by atoms with Gasteiger partial charge in [0.15, 0.2) is 0 Å². The van der Waals surface area contributed by atoms with E-state index in [1.165, 1.54) is 22.4 Å². The Labute approximate surface area is 92.3 Å². The predicted octanol–water partition coefficient (Wildman–Crippen LogP) is 4.06. The Morgan fingerprint density at radius 3 is 2.64 bits per heavy atom. The van der Waals surface area contributed by atoms with Crippen molar-refractivity contribution < 1.29 is 0 Å². The van der Waals surface area contributed by atoms with Crippen LogP contribution in [0.4, 0.5) is 0 Å². The van der Waals surface area contributed by atoms with E-state index in [1.54, 1.807) is 0 Å². The van der Waals surface area contributed by atoms with Crippen molar-refractivity contribution in [2.24, 2.45) is 0 Å². The molecule has 2 rings (SSSR count). The van der Waals surface area contributed by atoms with Gasteiger partial charge in [-0.2, -0.15) is 0 Å². The van der Waals surface area contributed by atoms with Crippen LogP contribution in [0.1, 0.15) is 11.1 Å². The van der Waals surface area contributed by atoms with E-state index in [0.29, 0.717) is 0 Å². The number of aromatic amines is 1. The highest BCUT2D eigenvalue weighted by Crippen LogP contribution is 2.27. The first kappa shape index (κ1) is 9.53. The fraction of sp³-hybridized carbons (Fsp3) is 0.167. The highest BCUT2D eigenvalue weighted by molar-refractivity contribution is 9.10. The minimum Gasteiger partial charge on any atom is -0.361 e. The first-order chi connectivity index (χ1) is 6.68. The lowest BCUT2D eigenvalue weighted by Crippen LogP contribution is -1.83. The maximum Gasteiger partial charge on any atom is 0.0459 e. The van der Waals surface area contributed by atoms with E-state index < -0.39 is 0 Å². The molecule has 0 spiro atoms. The zero-order chi connectivity index (χ0) is 10.1. The van der Waals surface area contributed by atoms with Crippen LogP contribution < -0.4 is 0 Å². The average Bonchev–Trinajstić information content (AvgIpc) is 2.57. The SMILES string of the molecule is Cc1c[nH]c(-c2cccc(Br)c2C)c1. The molecule has 2 aromatic rings. The van der Waals surface area contributed by atoms with Crippen molar-refractivity contribution in [3.8, 4) is 11.3 Å². The molecule has 0 atom stereocenters. The molecule has 0 aliphatic rings. The number of benzene rings is 1. The van der Waals surface area contributed by atoms with Gasteiger partial charge < -0.3 is 4.98 Å². The van der Waals surface area contributed by atoms with Crippen LogP contribution in [0.2, 0.25) is 0 Å². The maximum absolute atomic E-state index is 3.54. The van der Waals surface area contributed by atoms with Crippen molar-refractivity contribution in [2.45, 2.75) is 13.8 Å². The topological polar surface area (TPSA) is 15.8 Å². The fourth-order valence-corrected chi connectivity index (χ4v) is 1.92. The van der Waals surface area contributed by atoms with Gasteiger partial charge in [0.25, 0.3) is 0 Å². The summed E-state index contributed by atoms with van der Waals surface area (Å²) in [7, 11) is 0. The van der Waals surface area contributed by atoms with Gasteiger partial charge in [-0.15, -0.1) is 0 Å². The third kappa shape index (κ3) is 1.62. The molecule has 0 saturated heterocycles. The molecule has 0 aliphatic heterocycles. The molecule has 0 amide bonds. The van der Waals surface area contributed by atoms with Gasteiger partial charge in [-0.1, -0.05) is 28.1 Å². The first-order valence-corrected chi connectivity index (χ1v) is 5.38. The van der Waals surface area contributed by atoms with Crippen LogP contribution in [-0.2, 0) is 0 Å². The van der Waals surface area contributed by atoms with Gasteiger partial charge >= 0.3 is 0 Å². The monoisotopic (exact) mass is 249 g/mol. The van der Waals surface area contributed by atoms with Crippen LogP contribution >= 0.6 is 15.9 Å². The van der Waals surface area contributed by atoms with Crippen LogP contribution in [0.25, 0.3) is 11.3 Å². The zero-order valence-corrected chi connectivity index (χ0v) is 9.85. The fourth-order valence-electron chi connectivity index (χ4n) is 1.56. The van der Waals surface area contributed by atoms with E-state index in [9.17, 15) is 0 Å². The van der Waals surface area contributed by atoms with Gasteiger partial charge in [-0.25, -0.2) is 0 Å². The molecule has 14 heavy (non-hydrogen) atoms. The second kappa shape index (κ2) is 3.62. The highest BCUT2D eigenvalue weighted by atomic mass is 79.9. The average molecular weight is 250 g/mol. The summed E-state index contributed by atoms with van der Waals surface area (Å²) in [4.78, 5) is 3.27. The second-order valence-electron chi connectivity index (χ2n) is 3.50. The van der Waals surface area contributed by atoms with Gasteiger partial charge in [0.1, 0.15) is 0 Å². The molecule has 1 aromatic carbocycles. The highest BCUT2D eigenvalue weighted by Gasteiger charge is 2.05. The summed E-state index contributed by atoms with van der Waals surface area (Å²) in [6.07, 6.45) is 2.02. The third-order valence-electron chi connectivity index (χ3n) is 2.39. The molecule has 1 N–H and O–H groups in total. The molecular formula is C12H12BrN. The molecule has 0 saturated carbocycles. The van der Waals surface area contributed by atoms with Gasteiger partial charge in [0, 0.05) is 21.9 Å². The Bertz CT molecular complexity index is 457. The summed E-state index contributed by atoms with van der Waals surface area (Å²) in [6.45, 7) is 4.21. The maximum atomic E-state index is 3.54. The van der Waals surface area contributed by atoms with E-state index in [2.05, 4.69) is 59.0 Å². The Hall–Kier alpha value is -1.02. The lowest BCUT2D eigenvalue weighted by atomic mass is 10.1. The van der Waals surface area contributed by atoms with E-state index in [1.807, 2.05) is 6.20 Å². The van der Waals surface area contributed by atoms with Gasteiger partial charge in [0.2, 0.25) is 0 Å². The minimum atomic E-state index is 1.15. The summed E-state index contributed by atoms with van der Waals surface area (Å²) in [6, 6.07) is 8.41. The molecule has 1 nitrogen and oxygen atoms in total. The molecule has 2 heteroatoms. The van der Waals surface area contributed by atoms with Crippen molar-refractivity contribution in [2.75, 3.05) is 0 Å². The van der Waals surface area contributed by atoms with E-state index in [-0.39, 0.29) is 0 Å². The van der Waals surface area contributed by atoms with Crippen LogP contribution in [0, 0.1) is 13.8 Å². The van der Waals surface area contributed by atoms with Crippen molar-refractivity contribution in [3.05, 3.63) is 46.1 Å². The Morgan fingerprint density at radius 2 is 2.00 bits per heavy atom. The van der Waals surface area contributed by atoms with Crippen molar-refractivity contribution in [1.82, 2.24) is 4.98 Å². The van der Waals surface area contributed by atoms with Gasteiger partial charge in [0.05, 0.1) is 0 Å². The second-order valence-corrected chi connectivity index (χ2v) is 4.36. The lowest BCUT2D eigenvalue weighted by Gasteiger charge is -2.04. The number of hydrogen-bond acceptors (Lipinski definition) is 0. The molecule has 0 fully saturated rings. The number of halogens is 1. The number of rotatable bonds is 1. The standard InChI is InChI=1S/C12H12BrN/c1-8-6-12(14-7-8)10-4-3-5-11(13)9(10)2/h3-7,14H,1-2H3. The lowest BCUT2D eigenvalue weighted by molar-refractivity contribution is 1.34. The van der Waals surface area contributed by atoms with Crippen LogP contribution in [0.15, 0.2) is 34.9 Å². The molecule has 0 bridgehead atoms. The summed E-state index contributed by atoms with van der Waals surface area (Å²) in [5, 5.41) is 0. The Morgan fingerprint density at radius 1 is 1.21 bits per heavy atom. The summed E-state index contributed by atoms with van der Waals surface area (Å²) < 4.78 is 1.15. The van der Waals surface area contributed by atoms with Crippen molar-refractivity contribution in [3.63, 3.8) is 0 Å². The molecule has 1 aromatic heterocycles. The molecule has 0 radical (unpaired) electrons. The smallest absolute Gasteiger partial charge is 0.0459 e. The van der Waals surface area contributed by atoms with Gasteiger partial charge in [-0.05, 0) is 37.1 Å².